The Morgan fingerprint density at radius 3 is 2.88 bits per heavy atom. The molecule has 0 bridgehead atoms. The lowest BCUT2D eigenvalue weighted by Gasteiger charge is -2.12. The maximum absolute atomic E-state index is 11.6. The third-order valence-electron chi connectivity index (χ3n) is 3.33. The van der Waals surface area contributed by atoms with Gasteiger partial charge in [0, 0.05) is 12.3 Å². The van der Waals surface area contributed by atoms with Gasteiger partial charge in [0.15, 0.2) is 0 Å². The van der Waals surface area contributed by atoms with E-state index in [1.807, 2.05) is 12.1 Å². The summed E-state index contributed by atoms with van der Waals surface area (Å²) >= 11 is 0. The molecule has 2 nitrogen and oxygen atoms in total. The van der Waals surface area contributed by atoms with Gasteiger partial charge in [0.1, 0.15) is 11.5 Å². The van der Waals surface area contributed by atoms with Crippen LogP contribution in [-0.4, -0.2) is 12.9 Å². The van der Waals surface area contributed by atoms with E-state index in [0.717, 1.165) is 31.4 Å². The Bertz CT molecular complexity index is 396. The molecule has 86 valence electrons. The van der Waals surface area contributed by atoms with E-state index in [1.54, 1.807) is 7.11 Å². The van der Waals surface area contributed by atoms with Gasteiger partial charge in [0.05, 0.1) is 7.11 Å². The van der Waals surface area contributed by atoms with E-state index >= 15 is 0 Å². The molecule has 0 aliphatic heterocycles. The minimum absolute atomic E-state index is 0.218. The highest BCUT2D eigenvalue weighted by molar-refractivity contribution is 5.83. The van der Waals surface area contributed by atoms with Crippen LogP contribution in [0.1, 0.15) is 30.4 Å². The number of rotatable bonds is 3. The highest BCUT2D eigenvalue weighted by atomic mass is 16.5. The fourth-order valence-corrected chi connectivity index (χ4v) is 2.44. The predicted molar refractivity (Wildman–Crippen MR) is 63.8 cm³/mol. The summed E-state index contributed by atoms with van der Waals surface area (Å²) in [5, 5.41) is 0. The van der Waals surface area contributed by atoms with Crippen molar-refractivity contribution < 1.29 is 9.53 Å². The van der Waals surface area contributed by atoms with Gasteiger partial charge in [-0.3, -0.25) is 4.79 Å². The molecule has 2 rings (SSSR count). The molecule has 1 unspecified atom stereocenters. The fourth-order valence-electron chi connectivity index (χ4n) is 2.44. The molecule has 2 heteroatoms. The van der Waals surface area contributed by atoms with E-state index in [0.29, 0.717) is 5.78 Å². The van der Waals surface area contributed by atoms with Crippen molar-refractivity contribution in [2.45, 2.75) is 32.6 Å². The SMILES string of the molecule is COc1ccc(C)cc1CC1CCCC1=O. The van der Waals surface area contributed by atoms with Crippen LogP contribution in [0.5, 0.6) is 5.75 Å². The number of ether oxygens (including phenoxy) is 1. The molecule has 1 aliphatic rings. The maximum atomic E-state index is 11.6. The number of benzene rings is 1. The van der Waals surface area contributed by atoms with Crippen LogP contribution in [0.4, 0.5) is 0 Å². The minimum Gasteiger partial charge on any atom is -0.496 e. The van der Waals surface area contributed by atoms with Crippen molar-refractivity contribution in [2.75, 3.05) is 7.11 Å². The third-order valence-corrected chi connectivity index (χ3v) is 3.33. The van der Waals surface area contributed by atoms with Gasteiger partial charge in [-0.25, -0.2) is 0 Å². The fraction of sp³-hybridized carbons (Fsp3) is 0.500. The standard InChI is InChI=1S/C14H18O2/c1-10-6-7-14(16-2)12(8-10)9-11-4-3-5-13(11)15/h6-8,11H,3-5,9H2,1-2H3. The molecule has 0 amide bonds. The van der Waals surface area contributed by atoms with E-state index in [9.17, 15) is 4.79 Å². The summed E-state index contributed by atoms with van der Waals surface area (Å²) in [5.41, 5.74) is 2.39. The lowest BCUT2D eigenvalue weighted by Crippen LogP contribution is -2.10. The zero-order valence-electron chi connectivity index (χ0n) is 9.95. The van der Waals surface area contributed by atoms with Crippen LogP contribution in [0.3, 0.4) is 0 Å². The lowest BCUT2D eigenvalue weighted by molar-refractivity contribution is -0.120. The minimum atomic E-state index is 0.218. The van der Waals surface area contributed by atoms with Gasteiger partial charge in [-0.2, -0.15) is 0 Å². The van der Waals surface area contributed by atoms with E-state index in [4.69, 9.17) is 4.74 Å². The number of hydrogen-bond donors (Lipinski definition) is 0. The van der Waals surface area contributed by atoms with Gasteiger partial charge in [-0.1, -0.05) is 17.7 Å². The summed E-state index contributed by atoms with van der Waals surface area (Å²) in [6.45, 7) is 2.07. The van der Waals surface area contributed by atoms with Crippen molar-refractivity contribution in [3.8, 4) is 5.75 Å². The monoisotopic (exact) mass is 218 g/mol. The topological polar surface area (TPSA) is 26.3 Å². The smallest absolute Gasteiger partial charge is 0.136 e. The van der Waals surface area contributed by atoms with Crippen molar-refractivity contribution in [1.82, 2.24) is 0 Å². The molecule has 0 radical (unpaired) electrons. The number of carbonyl (C=O) groups excluding carboxylic acids is 1. The number of Topliss-reactive ketones (excluding diaryl/α,β-unsaturated/α-hetero) is 1. The Kier molecular flexibility index (Phi) is 3.28. The summed E-state index contributed by atoms with van der Waals surface area (Å²) < 4.78 is 5.33. The van der Waals surface area contributed by atoms with Crippen LogP contribution in [0.2, 0.25) is 0 Å². The average molecular weight is 218 g/mol. The first-order valence-corrected chi connectivity index (χ1v) is 5.87. The van der Waals surface area contributed by atoms with Crippen molar-refractivity contribution in [1.29, 1.82) is 0 Å². The van der Waals surface area contributed by atoms with Crippen molar-refractivity contribution in [3.05, 3.63) is 29.3 Å². The van der Waals surface area contributed by atoms with Gasteiger partial charge < -0.3 is 4.74 Å². The predicted octanol–water partition coefficient (Wildman–Crippen LogP) is 2.92. The van der Waals surface area contributed by atoms with Gasteiger partial charge in [0.2, 0.25) is 0 Å². The number of hydrogen-bond acceptors (Lipinski definition) is 2. The van der Waals surface area contributed by atoms with E-state index in [-0.39, 0.29) is 5.92 Å². The lowest BCUT2D eigenvalue weighted by atomic mass is 9.95. The van der Waals surface area contributed by atoms with E-state index < -0.39 is 0 Å². The zero-order valence-corrected chi connectivity index (χ0v) is 9.95. The first-order chi connectivity index (χ1) is 7.70. The number of carbonyl (C=O) groups is 1. The van der Waals surface area contributed by atoms with Gasteiger partial charge >= 0.3 is 0 Å². The molecule has 0 aromatic heterocycles. The molecular weight excluding hydrogens is 200 g/mol. The molecule has 1 aromatic rings. The summed E-state index contributed by atoms with van der Waals surface area (Å²) in [4.78, 5) is 11.6. The molecule has 1 saturated carbocycles. The summed E-state index contributed by atoms with van der Waals surface area (Å²) in [7, 11) is 1.69. The molecule has 16 heavy (non-hydrogen) atoms. The van der Waals surface area contributed by atoms with Gasteiger partial charge in [0.25, 0.3) is 0 Å². The Morgan fingerprint density at radius 1 is 1.44 bits per heavy atom. The van der Waals surface area contributed by atoms with E-state index in [2.05, 4.69) is 13.0 Å². The molecule has 1 atom stereocenters. The molecule has 0 spiro atoms. The molecule has 0 heterocycles. The second kappa shape index (κ2) is 4.69. The molecule has 0 N–H and O–H groups in total. The van der Waals surface area contributed by atoms with Gasteiger partial charge in [-0.05, 0) is 37.8 Å². The normalized spacial score (nSPS) is 20.1. The van der Waals surface area contributed by atoms with Crippen molar-refractivity contribution in [2.24, 2.45) is 5.92 Å². The summed E-state index contributed by atoms with van der Waals surface area (Å²) in [6, 6.07) is 6.16. The molecule has 1 aromatic carbocycles. The highest BCUT2D eigenvalue weighted by Gasteiger charge is 2.25. The summed E-state index contributed by atoms with van der Waals surface area (Å²) in [5.74, 6) is 1.55. The molecule has 1 fully saturated rings. The van der Waals surface area contributed by atoms with Crippen molar-refractivity contribution in [3.63, 3.8) is 0 Å². The highest BCUT2D eigenvalue weighted by Crippen LogP contribution is 2.29. The average Bonchev–Trinajstić information content (AvgIpc) is 2.65. The molecule has 0 saturated heterocycles. The zero-order chi connectivity index (χ0) is 11.5. The Balaban J connectivity index is 2.19. The largest absolute Gasteiger partial charge is 0.496 e. The number of ketones is 1. The van der Waals surface area contributed by atoms with Crippen LogP contribution in [0, 0.1) is 12.8 Å². The van der Waals surface area contributed by atoms with Crippen LogP contribution in [0.25, 0.3) is 0 Å². The van der Waals surface area contributed by atoms with Crippen LogP contribution in [0.15, 0.2) is 18.2 Å². The summed E-state index contributed by atoms with van der Waals surface area (Å²) in [6.07, 6.45) is 3.69. The Hall–Kier alpha value is -1.31. The van der Waals surface area contributed by atoms with Gasteiger partial charge in [-0.15, -0.1) is 0 Å². The van der Waals surface area contributed by atoms with Crippen LogP contribution < -0.4 is 4.74 Å². The molecule has 1 aliphatic carbocycles. The first-order valence-electron chi connectivity index (χ1n) is 5.87. The quantitative estimate of drug-likeness (QED) is 0.779. The maximum Gasteiger partial charge on any atom is 0.136 e. The number of methoxy groups -OCH3 is 1. The van der Waals surface area contributed by atoms with E-state index in [1.165, 1.54) is 11.1 Å². The van der Waals surface area contributed by atoms with Crippen LogP contribution in [-0.2, 0) is 11.2 Å². The number of aryl methyl sites for hydroxylation is 1. The molecular formula is C14H18O2. The van der Waals surface area contributed by atoms with Crippen molar-refractivity contribution >= 4 is 5.78 Å². The first kappa shape index (κ1) is 11.2. The third kappa shape index (κ3) is 2.26. The second-order valence-electron chi connectivity index (χ2n) is 4.57. The Morgan fingerprint density at radius 2 is 2.25 bits per heavy atom. The Labute approximate surface area is 96.6 Å². The second-order valence-corrected chi connectivity index (χ2v) is 4.57. The van der Waals surface area contributed by atoms with Crippen LogP contribution >= 0.6 is 0 Å².